The highest BCUT2D eigenvalue weighted by molar-refractivity contribution is 5.92. The maximum absolute atomic E-state index is 12.2. The van der Waals surface area contributed by atoms with Gasteiger partial charge in [0.2, 0.25) is 0 Å². The number of methoxy groups -OCH3 is 1. The predicted molar refractivity (Wildman–Crippen MR) is 321 cm³/mol. The molecule has 78 heavy (non-hydrogen) atoms. The van der Waals surface area contributed by atoms with E-state index in [1.165, 1.54) is 40.8 Å². The van der Waals surface area contributed by atoms with Crippen LogP contribution in [-0.2, 0) is 39.7 Å². The molecule has 1 aliphatic carbocycles. The van der Waals surface area contributed by atoms with E-state index in [2.05, 4.69) is 80.0 Å². The van der Waals surface area contributed by atoms with Crippen LogP contribution < -0.4 is 4.90 Å². The molecule has 2 heterocycles. The lowest BCUT2D eigenvalue weighted by Gasteiger charge is -2.45. The molecule has 0 aromatic heterocycles. The number of likely N-dealkylation sites (N-methyl/N-ethyl adjacent to an activating group) is 1. The van der Waals surface area contributed by atoms with Gasteiger partial charge in [-0.3, -0.25) is 4.79 Å². The molecule has 13 atom stereocenters. The minimum Gasteiger partial charge on any atom is -0.460 e. The Hall–Kier alpha value is -3.02. The van der Waals surface area contributed by atoms with Crippen LogP contribution in [-0.4, -0.2) is 164 Å². The first-order chi connectivity index (χ1) is 36.8. The number of nitrogens with zero attached hydrogens (tertiary/aromatic N) is 3. The maximum Gasteiger partial charge on any atom is 0.306 e. The first-order valence-electron chi connectivity index (χ1n) is 29.8. The van der Waals surface area contributed by atoms with Gasteiger partial charge in [-0.05, 0) is 161 Å². The SMILES string of the molecule is C=C(CC(C)C)C1=CN(C2CC2)c2ccc(CCCCCCC(=O)O[C@H](C)C(C)OCCC)cc2C1=C.CC.CO.COCCC(O)C(C)N(C)C[C@H](C)C[C@@](C)(O)[C@H](OC1CC(N(C)C)CC(C)O1)[C@@H](C)[C@H](O)C(C)C=O. The summed E-state index contributed by atoms with van der Waals surface area (Å²) in [5.41, 5.74) is 6.15. The molecule has 4 N–H and O–H groups in total. The summed E-state index contributed by atoms with van der Waals surface area (Å²) in [5, 5.41) is 40.2. The number of unbranched alkanes of at least 4 members (excludes halogenated alkanes) is 3. The zero-order valence-corrected chi connectivity index (χ0v) is 52.4. The van der Waals surface area contributed by atoms with Crippen LogP contribution in [0.3, 0.4) is 0 Å². The summed E-state index contributed by atoms with van der Waals surface area (Å²) in [7, 11) is 8.67. The Labute approximate surface area is 475 Å². The molecule has 2 aliphatic heterocycles. The number of aldehydes is 1. The predicted octanol–water partition coefficient (Wildman–Crippen LogP) is 11.2. The molecular weight excluding hydrogens is 987 g/mol. The third-order valence-electron chi connectivity index (χ3n) is 15.5. The second-order valence-electron chi connectivity index (χ2n) is 23.5. The molecule has 0 bridgehead atoms. The van der Waals surface area contributed by atoms with E-state index in [4.69, 9.17) is 28.8 Å². The average molecular weight is 1100 g/mol. The van der Waals surface area contributed by atoms with Crippen molar-refractivity contribution >= 4 is 23.5 Å². The van der Waals surface area contributed by atoms with Crippen molar-refractivity contribution in [2.45, 2.75) is 247 Å². The van der Waals surface area contributed by atoms with E-state index in [-0.39, 0.29) is 42.3 Å². The summed E-state index contributed by atoms with van der Waals surface area (Å²) in [6.45, 7) is 36.5. The second kappa shape index (κ2) is 37.9. The van der Waals surface area contributed by atoms with Gasteiger partial charge >= 0.3 is 5.97 Å². The van der Waals surface area contributed by atoms with E-state index in [0.29, 0.717) is 57.4 Å². The molecule has 14 nitrogen and oxygen atoms in total. The number of allylic oxidation sites excluding steroid dienone is 3. The smallest absolute Gasteiger partial charge is 0.306 e. The molecule has 1 aromatic rings. The molecule has 14 heteroatoms. The number of carbonyl (C=O) groups excluding carboxylic acids is 2. The summed E-state index contributed by atoms with van der Waals surface area (Å²) in [4.78, 5) is 30.3. The Balaban J connectivity index is 0.000000733. The molecule has 452 valence electrons. The molecule has 3 aliphatic rings. The van der Waals surface area contributed by atoms with Crippen LogP contribution in [0.1, 0.15) is 185 Å². The number of hydrogen-bond acceptors (Lipinski definition) is 14. The Morgan fingerprint density at radius 2 is 1.60 bits per heavy atom. The van der Waals surface area contributed by atoms with Crippen LogP contribution in [0.15, 0.2) is 48.7 Å². The van der Waals surface area contributed by atoms with Gasteiger partial charge in [0.25, 0.3) is 0 Å². The zero-order chi connectivity index (χ0) is 59.4. The Kier molecular flexibility index (Phi) is 35.5. The summed E-state index contributed by atoms with van der Waals surface area (Å²) in [5.74, 6) is -0.561. The molecule has 0 radical (unpaired) electrons. The maximum atomic E-state index is 12.2. The number of anilines is 1. The van der Waals surface area contributed by atoms with Crippen LogP contribution in [0.4, 0.5) is 5.69 Å². The third kappa shape index (κ3) is 25.0. The minimum atomic E-state index is -1.29. The van der Waals surface area contributed by atoms with Gasteiger partial charge in [0.1, 0.15) is 12.4 Å². The van der Waals surface area contributed by atoms with E-state index < -0.39 is 42.0 Å². The van der Waals surface area contributed by atoms with Crippen molar-refractivity contribution < 1.29 is 53.7 Å². The lowest BCUT2D eigenvalue weighted by molar-refractivity contribution is -0.266. The number of aliphatic hydroxyl groups is 4. The van der Waals surface area contributed by atoms with Crippen molar-refractivity contribution in [2.75, 3.05) is 60.0 Å². The van der Waals surface area contributed by atoms with Crippen LogP contribution in [0, 0.1) is 23.7 Å². The highest BCUT2D eigenvalue weighted by Gasteiger charge is 2.45. The number of ether oxygens (including phenoxy) is 5. The molecule has 4 rings (SSSR count). The fraction of sp³-hybridized carbons (Fsp3) is 0.781. The standard InChI is InChI=1S/C33H49NO3.C28H56N2O7.C2H6.CH4O/c1-8-19-36-26(6)27(7)37-33(35)14-12-10-9-11-13-28-15-18-32-30(21-28)25(5)31(24(4)20-23(2)3)22-34(32)29-16-17-29;1-18(16-30(9)22(5)24(32)11-12-35-10)15-28(6,34)27(21(4)26(33)19(2)17-31)37-25-14-23(29(7)8)13-20(3)36-25;2*1-2/h15,18,21-23,26-27,29H,4-5,8-14,16-17,19-20H2,1-3,6-7H3;17-27,32-34H,11-16H2,1-10H3;1-2H3;2H,1H3/t26?,27-;18-,19?,20?,21+,22?,23?,24?,25?,26-,27-,28-;;/m11../s1. The van der Waals surface area contributed by atoms with E-state index in [9.17, 15) is 24.9 Å². The van der Waals surface area contributed by atoms with Gasteiger partial charge in [-0.1, -0.05) is 87.5 Å². The number of fused-ring (bicyclic) bond motifs is 1. The molecule has 2 fully saturated rings. The van der Waals surface area contributed by atoms with Crippen molar-refractivity contribution in [2.24, 2.45) is 23.7 Å². The molecule has 0 spiro atoms. The van der Waals surface area contributed by atoms with E-state index in [1.807, 2.05) is 69.6 Å². The van der Waals surface area contributed by atoms with Crippen molar-refractivity contribution in [1.82, 2.24) is 9.80 Å². The van der Waals surface area contributed by atoms with Crippen molar-refractivity contribution in [1.29, 1.82) is 0 Å². The molecule has 0 amide bonds. The minimum absolute atomic E-state index is 0.00414. The fourth-order valence-corrected chi connectivity index (χ4v) is 10.6. The first-order valence-corrected chi connectivity index (χ1v) is 29.8. The van der Waals surface area contributed by atoms with E-state index >= 15 is 0 Å². The topological polar surface area (TPSA) is 171 Å². The quantitative estimate of drug-likeness (QED) is 0.0298. The second-order valence-corrected chi connectivity index (χ2v) is 23.5. The first kappa shape index (κ1) is 73.0. The van der Waals surface area contributed by atoms with Gasteiger partial charge < -0.3 is 63.6 Å². The van der Waals surface area contributed by atoms with Gasteiger partial charge in [0.15, 0.2) is 6.29 Å². The average Bonchev–Trinajstić information content (AvgIpc) is 4.26. The van der Waals surface area contributed by atoms with Crippen molar-refractivity contribution in [3.8, 4) is 0 Å². The van der Waals surface area contributed by atoms with E-state index in [0.717, 1.165) is 70.3 Å². The highest BCUT2D eigenvalue weighted by atomic mass is 16.7. The van der Waals surface area contributed by atoms with Crippen LogP contribution in [0.5, 0.6) is 0 Å². The van der Waals surface area contributed by atoms with Crippen molar-refractivity contribution in [3.05, 3.63) is 59.8 Å². The lowest BCUT2D eigenvalue weighted by Crippen LogP contribution is -2.54. The fourth-order valence-electron chi connectivity index (χ4n) is 10.6. The van der Waals surface area contributed by atoms with E-state index in [1.54, 1.807) is 21.0 Å². The number of benzene rings is 1. The number of rotatable bonds is 33. The van der Waals surface area contributed by atoms with Gasteiger partial charge in [-0.2, -0.15) is 0 Å². The molecule has 1 aromatic carbocycles. The largest absolute Gasteiger partial charge is 0.460 e. The van der Waals surface area contributed by atoms with Gasteiger partial charge in [0, 0.05) is 99.8 Å². The number of aryl methyl sites for hydroxylation is 1. The Morgan fingerprint density at radius 3 is 2.18 bits per heavy atom. The van der Waals surface area contributed by atoms with Gasteiger partial charge in [-0.25, -0.2) is 0 Å². The molecular formula is C64H115N3O11. The monoisotopic (exact) mass is 1100 g/mol. The summed E-state index contributed by atoms with van der Waals surface area (Å²) in [6, 6.07) is 7.75. The number of esters is 1. The number of aliphatic hydroxyl groups excluding tert-OH is 3. The van der Waals surface area contributed by atoms with Gasteiger partial charge in [-0.15, -0.1) is 0 Å². The van der Waals surface area contributed by atoms with Crippen molar-refractivity contribution in [3.63, 3.8) is 0 Å². The normalized spacial score (nSPS) is 21.6. The lowest BCUT2D eigenvalue weighted by atomic mass is 9.78. The van der Waals surface area contributed by atoms with Gasteiger partial charge in [0.05, 0.1) is 36.1 Å². The summed E-state index contributed by atoms with van der Waals surface area (Å²) in [6.07, 6.45) is 12.7. The number of carbonyl (C=O) groups is 2. The van der Waals surface area contributed by atoms with Crippen LogP contribution in [0.2, 0.25) is 0 Å². The van der Waals surface area contributed by atoms with Crippen LogP contribution >= 0.6 is 0 Å². The Bertz CT molecular complexity index is 1890. The van der Waals surface area contributed by atoms with Crippen LogP contribution in [0.25, 0.3) is 5.57 Å². The number of hydrogen-bond donors (Lipinski definition) is 4. The highest BCUT2D eigenvalue weighted by Crippen LogP contribution is 2.45. The summed E-state index contributed by atoms with van der Waals surface area (Å²) < 4.78 is 28.9. The Morgan fingerprint density at radius 1 is 0.962 bits per heavy atom. The molecule has 1 saturated carbocycles. The zero-order valence-electron chi connectivity index (χ0n) is 52.4. The summed E-state index contributed by atoms with van der Waals surface area (Å²) >= 11 is 0. The molecule has 7 unspecified atom stereocenters. The molecule has 1 saturated heterocycles. The third-order valence-corrected chi connectivity index (χ3v) is 15.5.